The van der Waals surface area contributed by atoms with Crippen molar-refractivity contribution in [3.05, 3.63) is 89.5 Å². The third-order valence-electron chi connectivity index (χ3n) is 4.28. The monoisotopic (exact) mass is 660 g/mol. The number of benzene rings is 3. The summed E-state index contributed by atoms with van der Waals surface area (Å²) >= 11 is 10.7. The quantitative estimate of drug-likeness (QED) is 0.188. The number of halogens is 3. The lowest BCUT2D eigenvalue weighted by atomic mass is 10.1. The second kappa shape index (κ2) is 11.7. The first-order valence-electron chi connectivity index (χ1n) is 9.26. The Hall–Kier alpha value is -1.85. The average molecular weight is 661 g/mol. The molecule has 0 aliphatic heterocycles. The molecule has 31 heavy (non-hydrogen) atoms. The Morgan fingerprint density at radius 1 is 1.10 bits per heavy atom. The minimum absolute atomic E-state index is 0.189. The Labute approximate surface area is 213 Å². The topological polar surface area (TPSA) is 59.9 Å². The van der Waals surface area contributed by atoms with E-state index in [1.807, 2.05) is 60.7 Å². The third kappa shape index (κ3) is 7.08. The molecule has 0 radical (unpaired) electrons. The molecule has 1 N–H and O–H groups in total. The summed E-state index contributed by atoms with van der Waals surface area (Å²) in [5, 5.41) is 4.76. The van der Waals surface area contributed by atoms with Gasteiger partial charge in [-0.3, -0.25) is 4.79 Å². The van der Waals surface area contributed by atoms with Crippen LogP contribution < -0.4 is 14.9 Å². The molecule has 0 aliphatic rings. The van der Waals surface area contributed by atoms with Crippen molar-refractivity contribution in [3.63, 3.8) is 0 Å². The maximum absolute atomic E-state index is 12.1. The van der Waals surface area contributed by atoms with Crippen molar-refractivity contribution in [3.8, 4) is 11.5 Å². The summed E-state index contributed by atoms with van der Waals surface area (Å²) in [6.07, 6.45) is 1.86. The lowest BCUT2D eigenvalue weighted by molar-refractivity contribution is -0.120. The van der Waals surface area contributed by atoms with Crippen LogP contribution in [-0.2, 0) is 17.8 Å². The summed E-state index contributed by atoms with van der Waals surface area (Å²) in [5.74, 6) is 1.36. The zero-order valence-corrected chi connectivity index (χ0v) is 21.6. The molecule has 0 heterocycles. The summed E-state index contributed by atoms with van der Waals surface area (Å²) in [5.41, 5.74) is 5.25. The molecule has 0 fully saturated rings. The van der Waals surface area contributed by atoms with E-state index >= 15 is 0 Å². The third-order valence-corrected chi connectivity index (χ3v) is 6.25. The molecule has 0 spiro atoms. The maximum atomic E-state index is 12.1. The number of carbonyl (C=O) groups excluding carboxylic acids is 1. The summed E-state index contributed by atoms with van der Waals surface area (Å²) in [7, 11) is 1.61. The zero-order chi connectivity index (χ0) is 22.2. The van der Waals surface area contributed by atoms with Gasteiger partial charge in [-0.05, 0) is 86.6 Å². The summed E-state index contributed by atoms with van der Waals surface area (Å²) in [6, 6.07) is 18.9. The average Bonchev–Trinajstić information content (AvgIpc) is 2.75. The van der Waals surface area contributed by atoms with Gasteiger partial charge in [-0.2, -0.15) is 5.10 Å². The highest BCUT2D eigenvalue weighted by Gasteiger charge is 2.10. The lowest BCUT2D eigenvalue weighted by Gasteiger charge is -2.12. The maximum Gasteiger partial charge on any atom is 0.244 e. The van der Waals surface area contributed by atoms with Gasteiger partial charge in [-0.1, -0.05) is 41.9 Å². The van der Waals surface area contributed by atoms with Crippen LogP contribution in [0.15, 0.2) is 65.8 Å². The van der Waals surface area contributed by atoms with Crippen molar-refractivity contribution < 1.29 is 14.3 Å². The van der Waals surface area contributed by atoms with E-state index in [2.05, 4.69) is 55.7 Å². The number of carbonyl (C=O) groups is 1. The second-order valence-electron chi connectivity index (χ2n) is 6.51. The molecule has 0 atom stereocenters. The molecule has 160 valence electrons. The number of hydrogen-bond acceptors (Lipinski definition) is 4. The largest absolute Gasteiger partial charge is 0.497 e. The van der Waals surface area contributed by atoms with Gasteiger partial charge in [-0.15, -0.1) is 0 Å². The molecule has 5 nitrogen and oxygen atoms in total. The van der Waals surface area contributed by atoms with E-state index in [0.717, 1.165) is 35.3 Å². The smallest absolute Gasteiger partial charge is 0.244 e. The number of methoxy groups -OCH3 is 1. The zero-order valence-electron chi connectivity index (χ0n) is 16.6. The van der Waals surface area contributed by atoms with E-state index in [1.54, 1.807) is 13.3 Å². The van der Waals surface area contributed by atoms with Gasteiger partial charge in [0.15, 0.2) is 0 Å². The van der Waals surface area contributed by atoms with Crippen molar-refractivity contribution in [1.82, 2.24) is 5.43 Å². The van der Waals surface area contributed by atoms with Crippen LogP contribution >= 0.6 is 56.8 Å². The fraction of sp³-hybridized carbons (Fsp3) is 0.130. The van der Waals surface area contributed by atoms with E-state index in [0.29, 0.717) is 11.6 Å². The van der Waals surface area contributed by atoms with Crippen molar-refractivity contribution in [2.75, 3.05) is 7.11 Å². The number of amides is 1. The van der Waals surface area contributed by atoms with Crippen molar-refractivity contribution in [1.29, 1.82) is 0 Å². The number of hydrazone groups is 1. The SMILES string of the molecule is COc1ccc(CC(=O)N/N=C\c2cc(I)c(OCc3ccccc3Cl)c(I)c2)cc1. The molecule has 0 aliphatic carbocycles. The fourth-order valence-corrected chi connectivity index (χ4v) is 5.02. The first-order chi connectivity index (χ1) is 15.0. The second-order valence-corrected chi connectivity index (χ2v) is 9.24. The first kappa shape index (κ1) is 23.8. The van der Waals surface area contributed by atoms with Gasteiger partial charge < -0.3 is 9.47 Å². The predicted octanol–water partition coefficient (Wildman–Crippen LogP) is 5.83. The van der Waals surface area contributed by atoms with Crippen LogP contribution in [0.1, 0.15) is 16.7 Å². The van der Waals surface area contributed by atoms with Crippen molar-refractivity contribution in [2.45, 2.75) is 13.0 Å². The van der Waals surface area contributed by atoms with Gasteiger partial charge in [-0.25, -0.2) is 5.43 Å². The molecule has 0 saturated heterocycles. The van der Waals surface area contributed by atoms with E-state index < -0.39 is 0 Å². The van der Waals surface area contributed by atoms with Gasteiger partial charge in [0.25, 0.3) is 0 Å². The summed E-state index contributed by atoms with van der Waals surface area (Å²) < 4.78 is 13.0. The number of hydrogen-bond donors (Lipinski definition) is 1. The van der Waals surface area contributed by atoms with Crippen molar-refractivity contribution >= 4 is 68.9 Å². The first-order valence-corrected chi connectivity index (χ1v) is 11.8. The molecule has 1 amide bonds. The van der Waals surface area contributed by atoms with Crippen LogP contribution in [0.2, 0.25) is 5.02 Å². The van der Waals surface area contributed by atoms with Crippen LogP contribution in [0.3, 0.4) is 0 Å². The summed E-state index contributed by atoms with van der Waals surface area (Å²) in [6.45, 7) is 0.389. The van der Waals surface area contributed by atoms with Crippen LogP contribution in [-0.4, -0.2) is 19.2 Å². The molecule has 0 aromatic heterocycles. The molecule has 0 saturated carbocycles. The summed E-state index contributed by atoms with van der Waals surface area (Å²) in [4.78, 5) is 12.1. The molecular weight excluding hydrogens is 642 g/mol. The van der Waals surface area contributed by atoms with E-state index in [1.165, 1.54) is 0 Å². The molecule has 3 aromatic carbocycles. The van der Waals surface area contributed by atoms with E-state index in [-0.39, 0.29) is 12.3 Å². The van der Waals surface area contributed by atoms with Crippen LogP contribution in [0.25, 0.3) is 0 Å². The molecule has 0 bridgehead atoms. The normalized spacial score (nSPS) is 10.8. The Morgan fingerprint density at radius 2 is 1.77 bits per heavy atom. The Balaban J connectivity index is 1.58. The standard InChI is InChI=1S/C23H19ClI2N2O3/c1-30-18-8-6-15(7-9-18)12-22(29)28-27-13-16-10-20(25)23(21(26)11-16)31-14-17-4-2-3-5-19(17)24/h2-11,13H,12,14H2,1H3,(H,28,29)/b27-13-. The van der Waals surface area contributed by atoms with Crippen molar-refractivity contribution in [2.24, 2.45) is 5.10 Å². The van der Waals surface area contributed by atoms with E-state index in [9.17, 15) is 4.79 Å². The molecule has 3 rings (SSSR count). The molecule has 8 heteroatoms. The van der Waals surface area contributed by atoms with Gasteiger partial charge in [0, 0.05) is 10.6 Å². The fourth-order valence-electron chi connectivity index (χ4n) is 2.70. The van der Waals surface area contributed by atoms with Crippen LogP contribution in [0.5, 0.6) is 11.5 Å². The Morgan fingerprint density at radius 3 is 2.42 bits per heavy atom. The highest BCUT2D eigenvalue weighted by atomic mass is 127. The number of nitrogens with one attached hydrogen (secondary N) is 1. The Bertz CT molecular complexity index is 1070. The lowest BCUT2D eigenvalue weighted by Crippen LogP contribution is -2.19. The molecule has 3 aromatic rings. The van der Waals surface area contributed by atoms with Gasteiger partial charge in [0.1, 0.15) is 18.1 Å². The highest BCUT2D eigenvalue weighted by Crippen LogP contribution is 2.30. The van der Waals surface area contributed by atoms with Gasteiger partial charge in [0.2, 0.25) is 5.91 Å². The number of ether oxygens (including phenoxy) is 2. The van der Waals surface area contributed by atoms with Gasteiger partial charge in [0.05, 0.1) is 26.9 Å². The van der Waals surface area contributed by atoms with E-state index in [4.69, 9.17) is 21.1 Å². The number of rotatable bonds is 8. The Kier molecular flexibility index (Phi) is 8.97. The van der Waals surface area contributed by atoms with Crippen LogP contribution in [0.4, 0.5) is 0 Å². The molecule has 0 unspecified atom stereocenters. The minimum atomic E-state index is -0.189. The molecular formula is C23H19ClI2N2O3. The number of nitrogens with zero attached hydrogens (tertiary/aromatic N) is 1. The minimum Gasteiger partial charge on any atom is -0.497 e. The highest BCUT2D eigenvalue weighted by molar-refractivity contribution is 14.1. The predicted molar refractivity (Wildman–Crippen MR) is 140 cm³/mol. The van der Waals surface area contributed by atoms with Crippen LogP contribution in [0, 0.1) is 7.14 Å². The van der Waals surface area contributed by atoms with Gasteiger partial charge >= 0.3 is 0 Å².